The van der Waals surface area contributed by atoms with Crippen molar-refractivity contribution in [1.82, 2.24) is 9.13 Å². The first-order valence-electron chi connectivity index (χ1n) is 6.65. The Morgan fingerprint density at radius 1 is 1.18 bits per heavy atom. The van der Waals surface area contributed by atoms with Crippen LogP contribution in [-0.2, 0) is 12.7 Å². The van der Waals surface area contributed by atoms with Crippen molar-refractivity contribution in [3.63, 3.8) is 0 Å². The van der Waals surface area contributed by atoms with Crippen LogP contribution in [0.1, 0.15) is 25.5 Å². The van der Waals surface area contributed by atoms with Crippen LogP contribution < -0.4 is 11.1 Å². The second kappa shape index (κ2) is 5.47. The summed E-state index contributed by atoms with van der Waals surface area (Å²) in [7, 11) is 0. The Morgan fingerprint density at radius 2 is 1.82 bits per heavy atom. The summed E-state index contributed by atoms with van der Waals surface area (Å²) in [6.07, 6.45) is -3.16. The molecule has 118 valence electrons. The molecule has 0 spiro atoms. The lowest BCUT2D eigenvalue weighted by atomic mass is 10.1. The summed E-state index contributed by atoms with van der Waals surface area (Å²) in [5, 5.41) is 0. The summed E-state index contributed by atoms with van der Waals surface area (Å²) in [5.74, 6) is 0. The summed E-state index contributed by atoms with van der Waals surface area (Å²) in [6, 6.07) is 2.67. The molecule has 0 saturated heterocycles. The van der Waals surface area contributed by atoms with Crippen molar-refractivity contribution in [2.45, 2.75) is 32.6 Å². The van der Waals surface area contributed by atoms with Gasteiger partial charge in [-0.1, -0.05) is 6.08 Å². The van der Waals surface area contributed by atoms with Gasteiger partial charge in [0.1, 0.15) is 0 Å². The molecule has 2 rings (SSSR count). The average molecular weight is 312 g/mol. The van der Waals surface area contributed by atoms with Gasteiger partial charge in [0.05, 0.1) is 16.6 Å². The minimum atomic E-state index is -4.53. The number of alkyl halides is 3. The van der Waals surface area contributed by atoms with Crippen LogP contribution in [0.2, 0.25) is 0 Å². The lowest BCUT2D eigenvalue weighted by Gasteiger charge is -2.18. The van der Waals surface area contributed by atoms with Gasteiger partial charge in [-0.25, -0.2) is 0 Å². The van der Waals surface area contributed by atoms with E-state index in [-0.39, 0.29) is 23.6 Å². The van der Waals surface area contributed by atoms with Gasteiger partial charge >= 0.3 is 17.3 Å². The number of hydrogen-bond donors (Lipinski definition) is 0. The topological polar surface area (TPSA) is 44.0 Å². The van der Waals surface area contributed by atoms with Crippen LogP contribution in [-0.4, -0.2) is 9.13 Å². The van der Waals surface area contributed by atoms with Crippen molar-refractivity contribution >= 4 is 11.0 Å². The number of halogens is 3. The summed E-state index contributed by atoms with van der Waals surface area (Å²) in [4.78, 5) is 24.3. The van der Waals surface area contributed by atoms with Gasteiger partial charge < -0.3 is 0 Å². The largest absolute Gasteiger partial charge is 0.416 e. The fourth-order valence-corrected chi connectivity index (χ4v) is 2.38. The number of rotatable bonds is 3. The number of benzene rings is 1. The molecule has 0 N–H and O–H groups in total. The van der Waals surface area contributed by atoms with Crippen LogP contribution in [0.5, 0.6) is 0 Å². The first kappa shape index (κ1) is 16.1. The Morgan fingerprint density at radius 3 is 2.32 bits per heavy atom. The lowest BCUT2D eigenvalue weighted by Crippen LogP contribution is -2.42. The number of fused-ring (bicyclic) bond motifs is 1. The van der Waals surface area contributed by atoms with Gasteiger partial charge in [-0.2, -0.15) is 13.2 Å². The van der Waals surface area contributed by atoms with Crippen LogP contribution in [0.3, 0.4) is 0 Å². The first-order chi connectivity index (χ1) is 10.2. The minimum Gasteiger partial charge on any atom is -0.300 e. The van der Waals surface area contributed by atoms with Gasteiger partial charge in [-0.3, -0.25) is 18.7 Å². The molecule has 22 heavy (non-hydrogen) atoms. The smallest absolute Gasteiger partial charge is 0.300 e. The van der Waals surface area contributed by atoms with E-state index in [4.69, 9.17) is 0 Å². The van der Waals surface area contributed by atoms with E-state index in [1.54, 1.807) is 13.8 Å². The first-order valence-corrected chi connectivity index (χ1v) is 6.65. The Hall–Kier alpha value is -2.31. The predicted molar refractivity (Wildman–Crippen MR) is 78.1 cm³/mol. The predicted octanol–water partition coefficient (Wildman–Crippen LogP) is 2.95. The van der Waals surface area contributed by atoms with Crippen LogP contribution in [0.15, 0.2) is 40.4 Å². The van der Waals surface area contributed by atoms with Crippen LogP contribution in [0.25, 0.3) is 11.0 Å². The van der Waals surface area contributed by atoms with Crippen molar-refractivity contribution in [2.75, 3.05) is 0 Å². The second-order valence-corrected chi connectivity index (χ2v) is 5.17. The molecule has 0 unspecified atom stereocenters. The van der Waals surface area contributed by atoms with Crippen LogP contribution >= 0.6 is 0 Å². The Kier molecular flexibility index (Phi) is 4.00. The van der Waals surface area contributed by atoms with E-state index in [1.165, 1.54) is 16.7 Å². The van der Waals surface area contributed by atoms with E-state index in [1.807, 2.05) is 0 Å². The SMILES string of the molecule is C=CCn1c(=O)c(=O)n(C(C)C)c2ccc(C(F)(F)F)cc21. The molecule has 0 fully saturated rings. The molecular weight excluding hydrogens is 297 g/mol. The van der Waals surface area contributed by atoms with Crippen molar-refractivity contribution in [3.8, 4) is 0 Å². The molecule has 0 aliphatic heterocycles. The molecule has 2 aromatic rings. The number of aromatic nitrogens is 2. The van der Waals surface area contributed by atoms with Crippen molar-refractivity contribution in [3.05, 3.63) is 57.1 Å². The van der Waals surface area contributed by atoms with E-state index >= 15 is 0 Å². The zero-order valence-electron chi connectivity index (χ0n) is 12.1. The molecule has 0 aliphatic carbocycles. The van der Waals surface area contributed by atoms with Crippen LogP contribution in [0.4, 0.5) is 13.2 Å². The standard InChI is InChI=1S/C15H15F3N2O2/c1-4-7-19-12-8-10(15(16,17)18)5-6-11(12)20(9(2)3)14(22)13(19)21/h4-6,8-9H,1,7H2,2-3H3. The van der Waals surface area contributed by atoms with Crippen LogP contribution in [0, 0.1) is 0 Å². The van der Waals surface area contributed by atoms with E-state index in [0.29, 0.717) is 0 Å². The summed E-state index contributed by atoms with van der Waals surface area (Å²) in [5.41, 5.74) is -2.14. The van der Waals surface area contributed by atoms with Crippen molar-refractivity contribution in [2.24, 2.45) is 0 Å². The van der Waals surface area contributed by atoms with Gasteiger partial charge in [-0.05, 0) is 32.0 Å². The maximum Gasteiger partial charge on any atom is 0.416 e. The molecular formula is C15H15F3N2O2. The van der Waals surface area contributed by atoms with Crippen molar-refractivity contribution in [1.29, 1.82) is 0 Å². The van der Waals surface area contributed by atoms with Gasteiger partial charge in [-0.15, -0.1) is 6.58 Å². The van der Waals surface area contributed by atoms with Gasteiger partial charge in [0, 0.05) is 12.6 Å². The molecule has 0 atom stereocenters. The highest BCUT2D eigenvalue weighted by atomic mass is 19.4. The summed E-state index contributed by atoms with van der Waals surface area (Å²) >= 11 is 0. The molecule has 0 radical (unpaired) electrons. The third-order valence-corrected chi connectivity index (χ3v) is 3.33. The van der Waals surface area contributed by atoms with E-state index in [2.05, 4.69) is 6.58 Å². The van der Waals surface area contributed by atoms with Gasteiger partial charge in [0.25, 0.3) is 0 Å². The monoisotopic (exact) mass is 312 g/mol. The minimum absolute atomic E-state index is 0.0369. The third-order valence-electron chi connectivity index (χ3n) is 3.33. The van der Waals surface area contributed by atoms with Gasteiger partial charge in [0.2, 0.25) is 0 Å². The summed E-state index contributed by atoms with van der Waals surface area (Å²) in [6.45, 7) is 6.82. The highest BCUT2D eigenvalue weighted by Gasteiger charge is 2.31. The van der Waals surface area contributed by atoms with E-state index in [0.717, 1.165) is 16.7 Å². The molecule has 7 heteroatoms. The molecule has 0 saturated carbocycles. The Balaban J connectivity index is 3.00. The maximum absolute atomic E-state index is 12.9. The quantitative estimate of drug-likeness (QED) is 0.646. The average Bonchev–Trinajstić information content (AvgIpc) is 2.42. The Bertz CT molecular complexity index is 845. The van der Waals surface area contributed by atoms with E-state index in [9.17, 15) is 22.8 Å². The zero-order chi connectivity index (χ0) is 16.7. The number of hydrogen-bond acceptors (Lipinski definition) is 2. The number of allylic oxidation sites excluding steroid dienone is 1. The molecule has 1 heterocycles. The highest BCUT2D eigenvalue weighted by Crippen LogP contribution is 2.31. The molecule has 1 aromatic heterocycles. The molecule has 0 bridgehead atoms. The van der Waals surface area contributed by atoms with Gasteiger partial charge in [0.15, 0.2) is 0 Å². The highest BCUT2D eigenvalue weighted by molar-refractivity contribution is 5.76. The maximum atomic E-state index is 12.9. The Labute approximate surface area is 124 Å². The fraction of sp³-hybridized carbons (Fsp3) is 0.333. The van der Waals surface area contributed by atoms with Crippen molar-refractivity contribution < 1.29 is 13.2 Å². The normalized spacial score (nSPS) is 12.1. The third kappa shape index (κ3) is 2.58. The molecule has 0 aliphatic rings. The number of nitrogens with zero attached hydrogens (tertiary/aromatic N) is 2. The summed E-state index contributed by atoms with van der Waals surface area (Å²) < 4.78 is 40.9. The molecule has 4 nitrogen and oxygen atoms in total. The zero-order valence-corrected chi connectivity index (χ0v) is 12.1. The van der Waals surface area contributed by atoms with E-state index < -0.39 is 22.9 Å². The molecule has 0 amide bonds. The lowest BCUT2D eigenvalue weighted by molar-refractivity contribution is -0.137. The fourth-order valence-electron chi connectivity index (χ4n) is 2.38. The second-order valence-electron chi connectivity index (χ2n) is 5.17. The molecule has 1 aromatic carbocycles.